The van der Waals surface area contributed by atoms with Crippen LogP contribution in [0.5, 0.6) is 0 Å². The van der Waals surface area contributed by atoms with Gasteiger partial charge in [0.1, 0.15) is 0 Å². The standard InChI is InChI=1S/C23H18N2O3/c1-15-11-12-17(24-23(27)21-10-5-13-28-21)14-20(15)25-22(26)19-9-4-7-16-6-2-3-8-18(16)19/h2-14H,1H3,(H,24,27)(H,25,26). The van der Waals surface area contributed by atoms with E-state index in [1.165, 1.54) is 6.26 Å². The minimum absolute atomic E-state index is 0.200. The molecule has 3 aromatic carbocycles. The van der Waals surface area contributed by atoms with E-state index in [4.69, 9.17) is 4.42 Å². The van der Waals surface area contributed by atoms with E-state index in [1.54, 1.807) is 30.3 Å². The van der Waals surface area contributed by atoms with Gasteiger partial charge >= 0.3 is 0 Å². The largest absolute Gasteiger partial charge is 0.459 e. The third-order valence-electron chi connectivity index (χ3n) is 4.52. The van der Waals surface area contributed by atoms with Crippen LogP contribution in [-0.4, -0.2) is 11.8 Å². The van der Waals surface area contributed by atoms with Crippen molar-refractivity contribution in [2.75, 3.05) is 10.6 Å². The van der Waals surface area contributed by atoms with Crippen molar-refractivity contribution < 1.29 is 14.0 Å². The van der Waals surface area contributed by atoms with Gasteiger partial charge in [-0.2, -0.15) is 0 Å². The number of hydrogen-bond acceptors (Lipinski definition) is 3. The van der Waals surface area contributed by atoms with Crippen molar-refractivity contribution in [3.8, 4) is 0 Å². The van der Waals surface area contributed by atoms with Gasteiger partial charge in [0, 0.05) is 16.9 Å². The van der Waals surface area contributed by atoms with Crippen molar-refractivity contribution in [2.45, 2.75) is 6.92 Å². The van der Waals surface area contributed by atoms with Gasteiger partial charge in [0.2, 0.25) is 0 Å². The lowest BCUT2D eigenvalue weighted by molar-refractivity contribution is 0.0995. The molecular formula is C23H18N2O3. The van der Waals surface area contributed by atoms with Crippen molar-refractivity contribution >= 4 is 34.0 Å². The number of amides is 2. The summed E-state index contributed by atoms with van der Waals surface area (Å²) in [4.78, 5) is 25.1. The van der Waals surface area contributed by atoms with Gasteiger partial charge in [0.05, 0.1) is 6.26 Å². The third kappa shape index (κ3) is 3.50. The molecule has 4 rings (SSSR count). The highest BCUT2D eigenvalue weighted by Gasteiger charge is 2.13. The topological polar surface area (TPSA) is 71.3 Å². The molecule has 5 heteroatoms. The number of nitrogens with one attached hydrogen (secondary N) is 2. The maximum Gasteiger partial charge on any atom is 0.291 e. The summed E-state index contributed by atoms with van der Waals surface area (Å²) in [6, 6.07) is 22.0. The summed E-state index contributed by atoms with van der Waals surface area (Å²) < 4.78 is 5.10. The molecule has 2 N–H and O–H groups in total. The summed E-state index contributed by atoms with van der Waals surface area (Å²) in [5.41, 5.74) is 2.70. The average molecular weight is 370 g/mol. The second-order valence-electron chi connectivity index (χ2n) is 6.44. The fraction of sp³-hybridized carbons (Fsp3) is 0.0435. The molecule has 0 atom stereocenters. The van der Waals surface area contributed by atoms with Crippen LogP contribution in [0.15, 0.2) is 83.5 Å². The molecule has 28 heavy (non-hydrogen) atoms. The van der Waals surface area contributed by atoms with Crippen molar-refractivity contribution in [1.82, 2.24) is 0 Å². The number of carbonyl (C=O) groups is 2. The van der Waals surface area contributed by atoms with Gasteiger partial charge in [-0.05, 0) is 53.6 Å². The number of anilines is 2. The van der Waals surface area contributed by atoms with Crippen molar-refractivity contribution in [3.05, 3.63) is 95.9 Å². The van der Waals surface area contributed by atoms with E-state index in [1.807, 2.05) is 49.4 Å². The Kier molecular flexibility index (Phi) is 4.64. The van der Waals surface area contributed by atoms with Crippen LogP contribution >= 0.6 is 0 Å². The van der Waals surface area contributed by atoms with E-state index in [0.29, 0.717) is 16.9 Å². The van der Waals surface area contributed by atoms with Crippen LogP contribution in [-0.2, 0) is 0 Å². The van der Waals surface area contributed by atoms with Crippen molar-refractivity contribution in [2.24, 2.45) is 0 Å². The van der Waals surface area contributed by atoms with E-state index >= 15 is 0 Å². The van der Waals surface area contributed by atoms with Gasteiger partial charge < -0.3 is 15.1 Å². The zero-order valence-electron chi connectivity index (χ0n) is 15.2. The molecule has 0 aliphatic carbocycles. The van der Waals surface area contributed by atoms with E-state index < -0.39 is 0 Å². The predicted molar refractivity (Wildman–Crippen MR) is 110 cm³/mol. The molecule has 1 heterocycles. The molecule has 0 spiro atoms. The number of hydrogen-bond donors (Lipinski definition) is 2. The number of fused-ring (bicyclic) bond motifs is 1. The van der Waals surface area contributed by atoms with Crippen LogP contribution in [0, 0.1) is 6.92 Å². The molecule has 0 bridgehead atoms. The Morgan fingerprint density at radius 2 is 1.64 bits per heavy atom. The summed E-state index contributed by atoms with van der Waals surface area (Å²) in [5, 5.41) is 7.62. The first-order chi connectivity index (χ1) is 13.6. The van der Waals surface area contributed by atoms with Gasteiger partial charge in [-0.25, -0.2) is 0 Å². The van der Waals surface area contributed by atoms with Gasteiger partial charge in [-0.15, -0.1) is 0 Å². The molecule has 0 aliphatic rings. The second kappa shape index (κ2) is 7.40. The van der Waals surface area contributed by atoms with Gasteiger partial charge in [0.15, 0.2) is 5.76 Å². The molecule has 1 aromatic heterocycles. The van der Waals surface area contributed by atoms with Gasteiger partial charge in [0.25, 0.3) is 11.8 Å². The van der Waals surface area contributed by atoms with E-state index in [9.17, 15) is 9.59 Å². The Hall–Kier alpha value is -3.86. The van der Waals surface area contributed by atoms with Crippen LogP contribution in [0.4, 0.5) is 11.4 Å². The van der Waals surface area contributed by atoms with Crippen LogP contribution < -0.4 is 10.6 Å². The fourth-order valence-electron chi connectivity index (χ4n) is 3.05. The molecule has 0 fully saturated rings. The summed E-state index contributed by atoms with van der Waals surface area (Å²) in [7, 11) is 0. The lowest BCUT2D eigenvalue weighted by Gasteiger charge is -2.12. The highest BCUT2D eigenvalue weighted by molar-refractivity contribution is 6.13. The maximum atomic E-state index is 12.9. The third-order valence-corrected chi connectivity index (χ3v) is 4.52. The Morgan fingerprint density at radius 1 is 0.821 bits per heavy atom. The Labute approximate surface area is 162 Å². The molecule has 2 amide bonds. The quantitative estimate of drug-likeness (QED) is 0.516. The number of carbonyl (C=O) groups excluding carboxylic acids is 2. The Balaban J connectivity index is 1.59. The molecule has 0 aliphatic heterocycles. The first-order valence-electron chi connectivity index (χ1n) is 8.86. The van der Waals surface area contributed by atoms with Crippen LogP contribution in [0.2, 0.25) is 0 Å². The SMILES string of the molecule is Cc1ccc(NC(=O)c2ccco2)cc1NC(=O)c1cccc2ccccc12. The monoisotopic (exact) mass is 370 g/mol. The van der Waals surface area contributed by atoms with Crippen LogP contribution in [0.3, 0.4) is 0 Å². The Morgan fingerprint density at radius 3 is 2.46 bits per heavy atom. The molecule has 138 valence electrons. The molecule has 0 unspecified atom stereocenters. The predicted octanol–water partition coefficient (Wildman–Crippen LogP) is 5.25. The zero-order chi connectivity index (χ0) is 19.5. The number of aryl methyl sites for hydroxylation is 1. The summed E-state index contributed by atoms with van der Waals surface area (Å²) >= 11 is 0. The summed E-state index contributed by atoms with van der Waals surface area (Å²) in [5.74, 6) is -0.323. The number of furan rings is 1. The molecule has 4 aromatic rings. The van der Waals surface area contributed by atoms with E-state index in [0.717, 1.165) is 16.3 Å². The van der Waals surface area contributed by atoms with E-state index in [2.05, 4.69) is 10.6 Å². The number of rotatable bonds is 4. The normalized spacial score (nSPS) is 10.6. The van der Waals surface area contributed by atoms with E-state index in [-0.39, 0.29) is 17.6 Å². The van der Waals surface area contributed by atoms with Gasteiger partial charge in [-0.3, -0.25) is 9.59 Å². The molecule has 0 radical (unpaired) electrons. The zero-order valence-corrected chi connectivity index (χ0v) is 15.2. The fourth-order valence-corrected chi connectivity index (χ4v) is 3.05. The summed E-state index contributed by atoms with van der Waals surface area (Å²) in [6.07, 6.45) is 1.44. The molecule has 5 nitrogen and oxygen atoms in total. The lowest BCUT2D eigenvalue weighted by Crippen LogP contribution is -2.14. The molecule has 0 saturated carbocycles. The first kappa shape index (κ1) is 17.5. The molecule has 0 saturated heterocycles. The van der Waals surface area contributed by atoms with Crippen molar-refractivity contribution in [3.63, 3.8) is 0 Å². The first-order valence-corrected chi connectivity index (χ1v) is 8.86. The highest BCUT2D eigenvalue weighted by atomic mass is 16.3. The van der Waals surface area contributed by atoms with Gasteiger partial charge in [-0.1, -0.05) is 42.5 Å². The summed E-state index contributed by atoms with van der Waals surface area (Å²) in [6.45, 7) is 1.90. The number of benzene rings is 3. The van der Waals surface area contributed by atoms with Crippen molar-refractivity contribution in [1.29, 1.82) is 0 Å². The maximum absolute atomic E-state index is 12.9. The minimum Gasteiger partial charge on any atom is -0.459 e. The van der Waals surface area contributed by atoms with Crippen LogP contribution in [0.25, 0.3) is 10.8 Å². The molecular weight excluding hydrogens is 352 g/mol. The lowest BCUT2D eigenvalue weighted by atomic mass is 10.0. The smallest absolute Gasteiger partial charge is 0.291 e. The second-order valence-corrected chi connectivity index (χ2v) is 6.44. The van der Waals surface area contributed by atoms with Crippen LogP contribution in [0.1, 0.15) is 26.5 Å². The average Bonchev–Trinajstić information content (AvgIpc) is 3.25. The highest BCUT2D eigenvalue weighted by Crippen LogP contribution is 2.24. The minimum atomic E-state index is -0.347. The Bertz CT molecular complexity index is 1160.